The minimum Gasteiger partial charge on any atom is -0.296 e. The molecule has 0 N–H and O–H groups in total. The maximum Gasteiger partial charge on any atom is 0.115 e. The quantitative estimate of drug-likeness (QED) is 0.855. The molecule has 0 amide bonds. The standard InChI is InChI=1S/C16H21N5/c1-14(16-4-2-3-5-19-16)21-8-6-20(7-9-21)12-15-10-17-13-18-11-15/h2-5,10-11,13-14H,6-9,12H2,1H3/t14-/m0/s1. The minimum absolute atomic E-state index is 0.383. The van der Waals surface area contributed by atoms with E-state index in [9.17, 15) is 0 Å². The molecule has 3 heterocycles. The third-order valence-electron chi connectivity index (χ3n) is 4.09. The molecule has 5 heteroatoms. The van der Waals surface area contributed by atoms with E-state index in [4.69, 9.17) is 0 Å². The zero-order chi connectivity index (χ0) is 14.5. The third-order valence-corrected chi connectivity index (χ3v) is 4.09. The molecule has 0 spiro atoms. The molecule has 0 saturated carbocycles. The first-order valence-electron chi connectivity index (χ1n) is 7.44. The molecule has 21 heavy (non-hydrogen) atoms. The summed E-state index contributed by atoms with van der Waals surface area (Å²) in [5.41, 5.74) is 2.34. The van der Waals surface area contributed by atoms with Crippen LogP contribution < -0.4 is 0 Å². The molecular weight excluding hydrogens is 262 g/mol. The SMILES string of the molecule is C[C@@H](c1ccccn1)N1CCN(Cc2cncnc2)CC1. The van der Waals surface area contributed by atoms with E-state index in [1.807, 2.05) is 24.7 Å². The molecule has 3 rings (SSSR count). The molecule has 0 radical (unpaired) electrons. The zero-order valence-corrected chi connectivity index (χ0v) is 12.4. The van der Waals surface area contributed by atoms with Gasteiger partial charge in [-0.2, -0.15) is 0 Å². The Balaban J connectivity index is 1.53. The first-order chi connectivity index (χ1) is 10.3. The number of nitrogens with zero attached hydrogens (tertiary/aromatic N) is 5. The van der Waals surface area contributed by atoms with Crippen LogP contribution in [0, 0.1) is 0 Å². The predicted molar refractivity (Wildman–Crippen MR) is 81.5 cm³/mol. The van der Waals surface area contributed by atoms with Crippen molar-refractivity contribution < 1.29 is 0 Å². The predicted octanol–water partition coefficient (Wildman–Crippen LogP) is 1.75. The van der Waals surface area contributed by atoms with Crippen molar-refractivity contribution in [3.63, 3.8) is 0 Å². The van der Waals surface area contributed by atoms with E-state index in [2.05, 4.69) is 43.8 Å². The van der Waals surface area contributed by atoms with Crippen molar-refractivity contribution in [3.05, 3.63) is 54.4 Å². The number of rotatable bonds is 4. The Labute approximate surface area is 125 Å². The van der Waals surface area contributed by atoms with Gasteiger partial charge in [0.05, 0.1) is 5.69 Å². The summed E-state index contributed by atoms with van der Waals surface area (Å²) in [5, 5.41) is 0. The molecule has 2 aromatic heterocycles. The van der Waals surface area contributed by atoms with E-state index in [0.29, 0.717) is 6.04 Å². The largest absolute Gasteiger partial charge is 0.296 e. The fourth-order valence-corrected chi connectivity index (χ4v) is 2.79. The van der Waals surface area contributed by atoms with Crippen molar-refractivity contribution in [1.82, 2.24) is 24.8 Å². The normalized spacial score (nSPS) is 18.5. The first-order valence-corrected chi connectivity index (χ1v) is 7.44. The number of piperazine rings is 1. The van der Waals surface area contributed by atoms with Crippen LogP contribution in [0.1, 0.15) is 24.2 Å². The minimum atomic E-state index is 0.383. The second-order valence-electron chi connectivity index (χ2n) is 5.49. The van der Waals surface area contributed by atoms with Crippen molar-refractivity contribution in [3.8, 4) is 0 Å². The Morgan fingerprint density at radius 3 is 2.52 bits per heavy atom. The van der Waals surface area contributed by atoms with Gasteiger partial charge in [-0.15, -0.1) is 0 Å². The van der Waals surface area contributed by atoms with Gasteiger partial charge in [-0.1, -0.05) is 6.07 Å². The lowest BCUT2D eigenvalue weighted by atomic mass is 10.1. The lowest BCUT2D eigenvalue weighted by molar-refractivity contribution is 0.0963. The highest BCUT2D eigenvalue weighted by Crippen LogP contribution is 2.19. The lowest BCUT2D eigenvalue weighted by Crippen LogP contribution is -2.46. The second-order valence-corrected chi connectivity index (χ2v) is 5.49. The van der Waals surface area contributed by atoms with Crippen molar-refractivity contribution >= 4 is 0 Å². The third kappa shape index (κ3) is 3.62. The van der Waals surface area contributed by atoms with Crippen LogP contribution in [0.5, 0.6) is 0 Å². The van der Waals surface area contributed by atoms with E-state index in [1.54, 1.807) is 6.33 Å². The lowest BCUT2D eigenvalue weighted by Gasteiger charge is -2.37. The highest BCUT2D eigenvalue weighted by atomic mass is 15.3. The Bertz CT molecular complexity index is 537. The molecule has 2 aromatic rings. The summed E-state index contributed by atoms with van der Waals surface area (Å²) in [4.78, 5) is 17.6. The van der Waals surface area contributed by atoms with Gasteiger partial charge in [0.25, 0.3) is 0 Å². The Kier molecular flexibility index (Phi) is 4.52. The summed E-state index contributed by atoms with van der Waals surface area (Å²) in [6, 6.07) is 6.52. The molecule has 1 aliphatic rings. The second kappa shape index (κ2) is 6.74. The van der Waals surface area contributed by atoms with Gasteiger partial charge in [0.15, 0.2) is 0 Å². The monoisotopic (exact) mass is 283 g/mol. The van der Waals surface area contributed by atoms with Gasteiger partial charge in [-0.25, -0.2) is 9.97 Å². The van der Waals surface area contributed by atoms with Crippen LogP contribution in [0.25, 0.3) is 0 Å². The number of pyridine rings is 1. The van der Waals surface area contributed by atoms with E-state index in [-0.39, 0.29) is 0 Å². The van der Waals surface area contributed by atoms with Crippen molar-refractivity contribution in [2.24, 2.45) is 0 Å². The molecule has 0 aliphatic carbocycles. The summed E-state index contributed by atoms with van der Waals surface area (Å²) in [5.74, 6) is 0. The molecule has 110 valence electrons. The molecule has 5 nitrogen and oxygen atoms in total. The molecule has 1 atom stereocenters. The summed E-state index contributed by atoms with van der Waals surface area (Å²) < 4.78 is 0. The summed E-state index contributed by atoms with van der Waals surface area (Å²) in [6.45, 7) is 7.48. The number of hydrogen-bond donors (Lipinski definition) is 0. The van der Waals surface area contributed by atoms with Gasteiger partial charge >= 0.3 is 0 Å². The Morgan fingerprint density at radius 1 is 1.10 bits per heavy atom. The average molecular weight is 283 g/mol. The zero-order valence-electron chi connectivity index (χ0n) is 12.4. The van der Waals surface area contributed by atoms with Gasteiger partial charge < -0.3 is 0 Å². The van der Waals surface area contributed by atoms with E-state index < -0.39 is 0 Å². The Hall–Kier alpha value is -1.85. The fraction of sp³-hybridized carbons (Fsp3) is 0.438. The molecule has 1 fully saturated rings. The highest BCUT2D eigenvalue weighted by molar-refractivity contribution is 5.08. The topological polar surface area (TPSA) is 45.2 Å². The summed E-state index contributed by atoms with van der Waals surface area (Å²) >= 11 is 0. The number of hydrogen-bond acceptors (Lipinski definition) is 5. The molecule has 1 aliphatic heterocycles. The van der Waals surface area contributed by atoms with Crippen molar-refractivity contribution in [1.29, 1.82) is 0 Å². The van der Waals surface area contributed by atoms with Crippen LogP contribution in [0.15, 0.2) is 43.1 Å². The summed E-state index contributed by atoms with van der Waals surface area (Å²) in [7, 11) is 0. The molecule has 0 unspecified atom stereocenters. The Morgan fingerprint density at radius 2 is 1.86 bits per heavy atom. The first kappa shape index (κ1) is 14.1. The van der Waals surface area contributed by atoms with Crippen molar-refractivity contribution in [2.45, 2.75) is 19.5 Å². The fourth-order valence-electron chi connectivity index (χ4n) is 2.79. The van der Waals surface area contributed by atoms with Crippen LogP contribution in [0.4, 0.5) is 0 Å². The molecule has 1 saturated heterocycles. The van der Waals surface area contributed by atoms with Gasteiger partial charge in [-0.3, -0.25) is 14.8 Å². The van der Waals surface area contributed by atoms with Crippen LogP contribution in [0.2, 0.25) is 0 Å². The molecule has 0 aromatic carbocycles. The van der Waals surface area contributed by atoms with Crippen LogP contribution in [-0.4, -0.2) is 50.9 Å². The van der Waals surface area contributed by atoms with Crippen molar-refractivity contribution in [2.75, 3.05) is 26.2 Å². The smallest absolute Gasteiger partial charge is 0.115 e. The van der Waals surface area contributed by atoms with E-state index in [0.717, 1.165) is 38.4 Å². The van der Waals surface area contributed by atoms with Crippen LogP contribution >= 0.6 is 0 Å². The maximum absolute atomic E-state index is 4.47. The highest BCUT2D eigenvalue weighted by Gasteiger charge is 2.22. The van der Waals surface area contributed by atoms with Gasteiger partial charge in [0.2, 0.25) is 0 Å². The molecule has 0 bridgehead atoms. The van der Waals surface area contributed by atoms with Crippen LogP contribution in [0.3, 0.4) is 0 Å². The van der Waals surface area contributed by atoms with Gasteiger partial charge in [0, 0.05) is 62.9 Å². The van der Waals surface area contributed by atoms with E-state index >= 15 is 0 Å². The number of aromatic nitrogens is 3. The molecular formula is C16H21N5. The average Bonchev–Trinajstić information content (AvgIpc) is 2.57. The van der Waals surface area contributed by atoms with Gasteiger partial charge in [0.1, 0.15) is 6.33 Å². The van der Waals surface area contributed by atoms with Gasteiger partial charge in [-0.05, 0) is 19.1 Å². The van der Waals surface area contributed by atoms with Crippen LogP contribution in [-0.2, 0) is 6.54 Å². The summed E-state index contributed by atoms with van der Waals surface area (Å²) in [6.07, 6.45) is 7.25. The maximum atomic E-state index is 4.47. The van der Waals surface area contributed by atoms with E-state index in [1.165, 1.54) is 5.56 Å².